The number of H-pyrrole nitrogens is 1. The van der Waals surface area contributed by atoms with E-state index in [0.29, 0.717) is 5.92 Å². The average Bonchev–Trinajstić information content (AvgIpc) is 2.71. The molecule has 3 nitrogen and oxygen atoms in total. The summed E-state index contributed by atoms with van der Waals surface area (Å²) in [7, 11) is 0. The van der Waals surface area contributed by atoms with Crippen LogP contribution in [-0.4, -0.2) is 11.2 Å². The third-order valence-corrected chi connectivity index (χ3v) is 6.14. The molecule has 1 N–H and O–H groups in total. The van der Waals surface area contributed by atoms with E-state index in [1.54, 1.807) is 6.07 Å². The number of aryl methyl sites for hydroxylation is 1. The van der Waals surface area contributed by atoms with Crippen molar-refractivity contribution in [3.63, 3.8) is 0 Å². The van der Waals surface area contributed by atoms with E-state index < -0.39 is 5.54 Å². The lowest BCUT2D eigenvalue weighted by Crippen LogP contribution is -2.40. The van der Waals surface area contributed by atoms with E-state index in [4.69, 9.17) is 4.99 Å². The van der Waals surface area contributed by atoms with Crippen LogP contribution in [0.3, 0.4) is 0 Å². The van der Waals surface area contributed by atoms with Gasteiger partial charge in [0, 0.05) is 35.9 Å². The molecular formula is C26H28N2O. The number of allylic oxidation sites excluding steroid dienone is 3. The number of hydrogen-bond donors (Lipinski definition) is 1. The SMILES string of the molecule is CC=C1C2C=C(C)CC1(N=CC=Cc1ccc(CC)cc1)c1ccc(=O)[nH]c1C2. The van der Waals surface area contributed by atoms with Crippen LogP contribution >= 0.6 is 0 Å². The second-order valence-electron chi connectivity index (χ2n) is 8.05. The third-order valence-electron chi connectivity index (χ3n) is 6.14. The molecule has 3 heteroatoms. The van der Waals surface area contributed by atoms with Crippen LogP contribution in [0.5, 0.6) is 0 Å². The molecule has 29 heavy (non-hydrogen) atoms. The summed E-state index contributed by atoms with van der Waals surface area (Å²) in [5, 5.41) is 0. The maximum Gasteiger partial charge on any atom is 0.248 e. The summed E-state index contributed by atoms with van der Waals surface area (Å²) >= 11 is 0. The Bertz CT molecular complexity index is 1080. The maximum atomic E-state index is 11.9. The Morgan fingerprint density at radius 3 is 2.72 bits per heavy atom. The summed E-state index contributed by atoms with van der Waals surface area (Å²) in [4.78, 5) is 20.1. The van der Waals surface area contributed by atoms with Gasteiger partial charge >= 0.3 is 0 Å². The largest absolute Gasteiger partial charge is 0.326 e. The summed E-state index contributed by atoms with van der Waals surface area (Å²) < 4.78 is 0. The molecule has 2 aromatic rings. The standard InChI is InChI=1S/C26H28N2O/c1-4-19-8-10-20(11-9-19)7-6-14-27-26-17-18(3)15-21(22(26)5-2)16-24-23(26)12-13-25(29)28-24/h5-15,21H,4,16-17H2,1-3H3,(H,28,29). The van der Waals surface area contributed by atoms with E-state index in [1.807, 2.05) is 18.4 Å². The molecule has 1 aromatic carbocycles. The van der Waals surface area contributed by atoms with E-state index in [2.05, 4.69) is 68.2 Å². The summed E-state index contributed by atoms with van der Waals surface area (Å²) in [5.74, 6) is 0.294. The molecular weight excluding hydrogens is 356 g/mol. The number of rotatable bonds is 4. The van der Waals surface area contributed by atoms with Gasteiger partial charge in [-0.3, -0.25) is 9.79 Å². The van der Waals surface area contributed by atoms with Crippen molar-refractivity contribution in [1.82, 2.24) is 4.98 Å². The Balaban J connectivity index is 1.72. The van der Waals surface area contributed by atoms with Crippen LogP contribution in [0, 0.1) is 5.92 Å². The van der Waals surface area contributed by atoms with E-state index in [1.165, 1.54) is 22.3 Å². The second-order valence-corrected chi connectivity index (χ2v) is 8.05. The summed E-state index contributed by atoms with van der Waals surface area (Å²) in [6, 6.07) is 12.2. The Morgan fingerprint density at radius 1 is 1.21 bits per heavy atom. The molecule has 2 aliphatic carbocycles. The first kappa shape index (κ1) is 19.4. The van der Waals surface area contributed by atoms with Crippen molar-refractivity contribution in [2.24, 2.45) is 10.9 Å². The number of hydrogen-bond acceptors (Lipinski definition) is 2. The number of aromatic nitrogens is 1. The highest BCUT2D eigenvalue weighted by atomic mass is 16.1. The quantitative estimate of drug-likeness (QED) is 0.558. The van der Waals surface area contributed by atoms with Gasteiger partial charge in [0.25, 0.3) is 0 Å². The van der Waals surface area contributed by atoms with Crippen LogP contribution in [0.25, 0.3) is 6.08 Å². The molecule has 148 valence electrons. The Hall–Kier alpha value is -2.94. The lowest BCUT2D eigenvalue weighted by Gasteiger charge is -2.45. The number of fused-ring (bicyclic) bond motifs is 4. The number of benzene rings is 1. The van der Waals surface area contributed by atoms with E-state index in [-0.39, 0.29) is 5.56 Å². The minimum atomic E-state index is -0.424. The van der Waals surface area contributed by atoms with Gasteiger partial charge in [-0.1, -0.05) is 55.0 Å². The van der Waals surface area contributed by atoms with Crippen molar-refractivity contribution in [3.05, 3.63) is 98.5 Å². The Kier molecular flexibility index (Phi) is 5.23. The molecule has 0 amide bonds. The molecule has 1 heterocycles. The highest BCUT2D eigenvalue weighted by molar-refractivity contribution is 5.79. The Morgan fingerprint density at radius 2 is 2.00 bits per heavy atom. The van der Waals surface area contributed by atoms with Crippen LogP contribution in [-0.2, 0) is 18.4 Å². The summed E-state index contributed by atoms with van der Waals surface area (Å²) in [6.07, 6.45) is 13.3. The van der Waals surface area contributed by atoms with Crippen LogP contribution < -0.4 is 5.56 Å². The molecule has 4 rings (SSSR count). The first-order valence-corrected chi connectivity index (χ1v) is 10.4. The van der Waals surface area contributed by atoms with Gasteiger partial charge in [-0.05, 0) is 55.5 Å². The van der Waals surface area contributed by atoms with Gasteiger partial charge in [-0.25, -0.2) is 0 Å². The van der Waals surface area contributed by atoms with Crippen molar-refractivity contribution in [1.29, 1.82) is 0 Å². The zero-order valence-electron chi connectivity index (χ0n) is 17.4. The van der Waals surface area contributed by atoms with E-state index >= 15 is 0 Å². The molecule has 2 atom stereocenters. The molecule has 0 saturated heterocycles. The molecule has 0 aliphatic heterocycles. The number of aromatic amines is 1. The van der Waals surface area contributed by atoms with Gasteiger partial charge in [-0.2, -0.15) is 0 Å². The first-order valence-electron chi connectivity index (χ1n) is 10.4. The maximum absolute atomic E-state index is 11.9. The first-order chi connectivity index (χ1) is 14.1. The number of nitrogens with zero attached hydrogens (tertiary/aromatic N) is 1. The fourth-order valence-corrected chi connectivity index (χ4v) is 4.84. The van der Waals surface area contributed by atoms with Crippen molar-refractivity contribution >= 4 is 12.3 Å². The van der Waals surface area contributed by atoms with Crippen molar-refractivity contribution < 1.29 is 0 Å². The number of aliphatic imine (C=N–C) groups is 1. The molecule has 0 spiro atoms. The summed E-state index contributed by atoms with van der Waals surface area (Å²) in [6.45, 7) is 6.45. The van der Waals surface area contributed by atoms with Gasteiger partial charge in [0.15, 0.2) is 0 Å². The van der Waals surface area contributed by atoms with Gasteiger partial charge in [0.05, 0.1) is 0 Å². The molecule has 2 aliphatic rings. The lowest BCUT2D eigenvalue weighted by molar-refractivity contribution is 0.413. The fraction of sp³-hybridized carbons (Fsp3) is 0.308. The molecule has 1 aromatic heterocycles. The highest BCUT2D eigenvalue weighted by Crippen LogP contribution is 2.51. The van der Waals surface area contributed by atoms with Crippen molar-refractivity contribution in [3.8, 4) is 0 Å². The van der Waals surface area contributed by atoms with Crippen molar-refractivity contribution in [2.75, 3.05) is 0 Å². The predicted octanol–water partition coefficient (Wildman–Crippen LogP) is 5.39. The minimum Gasteiger partial charge on any atom is -0.326 e. The van der Waals surface area contributed by atoms with Gasteiger partial charge in [0.2, 0.25) is 5.56 Å². The topological polar surface area (TPSA) is 45.2 Å². The van der Waals surface area contributed by atoms with Crippen LogP contribution in [0.1, 0.15) is 49.6 Å². The van der Waals surface area contributed by atoms with Crippen LogP contribution in [0.15, 0.2) is 75.6 Å². The van der Waals surface area contributed by atoms with Crippen molar-refractivity contribution in [2.45, 2.75) is 45.6 Å². The lowest BCUT2D eigenvalue weighted by atomic mass is 9.63. The van der Waals surface area contributed by atoms with Gasteiger partial charge < -0.3 is 4.98 Å². The number of pyridine rings is 1. The molecule has 0 radical (unpaired) electrons. The highest BCUT2D eigenvalue weighted by Gasteiger charge is 2.46. The molecule has 0 fully saturated rings. The van der Waals surface area contributed by atoms with Crippen LogP contribution in [0.2, 0.25) is 0 Å². The van der Waals surface area contributed by atoms with E-state index in [0.717, 1.165) is 30.5 Å². The fourth-order valence-electron chi connectivity index (χ4n) is 4.84. The minimum absolute atomic E-state index is 0.0407. The summed E-state index contributed by atoms with van der Waals surface area (Å²) in [5.41, 5.74) is 6.89. The zero-order valence-corrected chi connectivity index (χ0v) is 17.4. The zero-order chi connectivity index (χ0) is 20.4. The third kappa shape index (κ3) is 3.57. The Labute approximate surface area is 172 Å². The van der Waals surface area contributed by atoms with Crippen LogP contribution in [0.4, 0.5) is 0 Å². The molecule has 2 unspecified atom stereocenters. The normalized spacial score (nSPS) is 24.9. The molecule has 2 bridgehead atoms. The average molecular weight is 385 g/mol. The monoisotopic (exact) mass is 384 g/mol. The van der Waals surface area contributed by atoms with E-state index in [9.17, 15) is 4.79 Å². The smallest absolute Gasteiger partial charge is 0.248 e. The number of nitrogens with one attached hydrogen (secondary N) is 1. The van der Waals surface area contributed by atoms with Gasteiger partial charge in [-0.15, -0.1) is 0 Å². The molecule has 0 saturated carbocycles. The second kappa shape index (κ2) is 7.82. The predicted molar refractivity (Wildman–Crippen MR) is 121 cm³/mol. The van der Waals surface area contributed by atoms with Gasteiger partial charge in [0.1, 0.15) is 5.54 Å².